The van der Waals surface area contributed by atoms with E-state index in [-0.39, 0.29) is 0 Å². The summed E-state index contributed by atoms with van der Waals surface area (Å²) in [5, 5.41) is 11.2. The molecule has 0 radical (unpaired) electrons. The van der Waals surface area contributed by atoms with E-state index in [1.54, 1.807) is 0 Å². The van der Waals surface area contributed by atoms with Crippen molar-refractivity contribution in [2.45, 2.75) is 13.5 Å². The van der Waals surface area contributed by atoms with Gasteiger partial charge in [-0.1, -0.05) is 5.16 Å². The molecule has 1 heterocycles. The van der Waals surface area contributed by atoms with Gasteiger partial charge in [-0.15, -0.1) is 0 Å². The van der Waals surface area contributed by atoms with Crippen molar-refractivity contribution >= 4 is 6.21 Å². The average molecular weight is 151 g/mol. The molecule has 0 aliphatic rings. The van der Waals surface area contributed by atoms with Gasteiger partial charge < -0.3 is 5.21 Å². The number of nitrogens with zero attached hydrogens (tertiary/aromatic N) is 2. The molecule has 0 saturated carbocycles. The lowest BCUT2D eigenvalue weighted by atomic mass is 10.3. The number of aromatic nitrogens is 1. The van der Waals surface area contributed by atoms with E-state index in [1.165, 1.54) is 6.21 Å². The van der Waals surface area contributed by atoms with Gasteiger partial charge in [-0.25, -0.2) is 4.57 Å². The first-order valence-electron chi connectivity index (χ1n) is 3.53. The van der Waals surface area contributed by atoms with Crippen LogP contribution in [0.5, 0.6) is 0 Å². The highest BCUT2D eigenvalue weighted by Crippen LogP contribution is 1.88. The van der Waals surface area contributed by atoms with E-state index in [0.29, 0.717) is 0 Å². The topological polar surface area (TPSA) is 36.5 Å². The molecule has 0 bridgehead atoms. The van der Waals surface area contributed by atoms with Crippen molar-refractivity contribution in [3.05, 3.63) is 30.1 Å². The van der Waals surface area contributed by atoms with Crippen molar-refractivity contribution in [1.82, 2.24) is 0 Å². The zero-order valence-corrected chi connectivity index (χ0v) is 6.44. The van der Waals surface area contributed by atoms with Crippen molar-refractivity contribution in [1.29, 1.82) is 0 Å². The van der Waals surface area contributed by atoms with Crippen molar-refractivity contribution in [3.8, 4) is 0 Å². The molecule has 1 aromatic rings. The fourth-order valence-corrected chi connectivity index (χ4v) is 0.882. The molecule has 0 aliphatic carbocycles. The zero-order valence-electron chi connectivity index (χ0n) is 6.44. The van der Waals surface area contributed by atoms with Gasteiger partial charge in [0.25, 0.3) is 0 Å². The fraction of sp³-hybridized carbons (Fsp3) is 0.250. The van der Waals surface area contributed by atoms with Crippen molar-refractivity contribution in [2.75, 3.05) is 0 Å². The van der Waals surface area contributed by atoms with E-state index < -0.39 is 0 Å². The maximum absolute atomic E-state index is 8.24. The fourth-order valence-electron chi connectivity index (χ4n) is 0.882. The van der Waals surface area contributed by atoms with Crippen LogP contribution in [0.1, 0.15) is 12.5 Å². The number of pyridine rings is 1. The lowest BCUT2D eigenvalue weighted by Crippen LogP contribution is -2.31. The molecular weight excluding hydrogens is 140 g/mol. The normalized spacial score (nSPS) is 10.6. The lowest BCUT2D eigenvalue weighted by Gasteiger charge is -1.90. The Bertz CT molecular complexity index is 258. The molecule has 3 nitrogen and oxygen atoms in total. The molecule has 3 heteroatoms. The Kier molecular flexibility index (Phi) is 2.60. The van der Waals surface area contributed by atoms with Gasteiger partial charge in [-0.3, -0.25) is 0 Å². The SMILES string of the molecule is CC[n+]1cccc(/C=N\O)c1. The largest absolute Gasteiger partial charge is 0.411 e. The molecule has 0 saturated heterocycles. The molecule has 0 aromatic carbocycles. The maximum Gasteiger partial charge on any atom is 0.177 e. The van der Waals surface area contributed by atoms with Gasteiger partial charge in [0.2, 0.25) is 0 Å². The lowest BCUT2D eigenvalue weighted by molar-refractivity contribution is -0.693. The van der Waals surface area contributed by atoms with Crippen molar-refractivity contribution < 1.29 is 9.77 Å². The van der Waals surface area contributed by atoms with Crippen LogP contribution in [0.25, 0.3) is 0 Å². The van der Waals surface area contributed by atoms with E-state index in [0.717, 1.165) is 12.1 Å². The summed E-state index contributed by atoms with van der Waals surface area (Å²) in [4.78, 5) is 0. The Labute approximate surface area is 65.6 Å². The Morgan fingerprint density at radius 1 is 1.73 bits per heavy atom. The van der Waals surface area contributed by atoms with E-state index in [4.69, 9.17) is 5.21 Å². The minimum atomic E-state index is 0.900. The molecule has 0 fully saturated rings. The second-order valence-corrected chi connectivity index (χ2v) is 2.21. The van der Waals surface area contributed by atoms with Gasteiger partial charge >= 0.3 is 0 Å². The highest BCUT2D eigenvalue weighted by Gasteiger charge is 1.95. The monoisotopic (exact) mass is 151 g/mol. The van der Waals surface area contributed by atoms with Crippen LogP contribution in [0.3, 0.4) is 0 Å². The minimum absolute atomic E-state index is 0.900. The molecule has 0 aliphatic heterocycles. The number of aryl methyl sites for hydroxylation is 1. The molecule has 1 rings (SSSR count). The third-order valence-corrected chi connectivity index (χ3v) is 1.45. The van der Waals surface area contributed by atoms with Gasteiger partial charge in [0.1, 0.15) is 6.54 Å². The summed E-state index contributed by atoms with van der Waals surface area (Å²) < 4.78 is 2.01. The van der Waals surface area contributed by atoms with E-state index in [2.05, 4.69) is 12.1 Å². The summed E-state index contributed by atoms with van der Waals surface area (Å²) in [6.45, 7) is 2.98. The quantitative estimate of drug-likeness (QED) is 0.288. The summed E-state index contributed by atoms with van der Waals surface area (Å²) in [7, 11) is 0. The summed E-state index contributed by atoms with van der Waals surface area (Å²) in [5.74, 6) is 0. The second-order valence-electron chi connectivity index (χ2n) is 2.21. The van der Waals surface area contributed by atoms with Crippen LogP contribution >= 0.6 is 0 Å². The van der Waals surface area contributed by atoms with Crippen LogP contribution in [-0.4, -0.2) is 11.4 Å². The summed E-state index contributed by atoms with van der Waals surface area (Å²) in [5.41, 5.74) is 0.900. The minimum Gasteiger partial charge on any atom is -0.411 e. The van der Waals surface area contributed by atoms with E-state index in [1.807, 2.05) is 29.1 Å². The highest BCUT2D eigenvalue weighted by molar-refractivity contribution is 5.77. The molecule has 11 heavy (non-hydrogen) atoms. The Morgan fingerprint density at radius 3 is 3.18 bits per heavy atom. The predicted molar refractivity (Wildman–Crippen MR) is 41.7 cm³/mol. The molecule has 1 N–H and O–H groups in total. The molecule has 0 atom stereocenters. The molecule has 0 amide bonds. The van der Waals surface area contributed by atoms with Crippen LogP contribution in [0, 0.1) is 0 Å². The molecule has 0 unspecified atom stereocenters. The van der Waals surface area contributed by atoms with Crippen molar-refractivity contribution in [3.63, 3.8) is 0 Å². The van der Waals surface area contributed by atoms with Crippen LogP contribution in [0.15, 0.2) is 29.7 Å². The third kappa shape index (κ3) is 2.04. The van der Waals surface area contributed by atoms with Gasteiger partial charge in [0, 0.05) is 6.07 Å². The van der Waals surface area contributed by atoms with E-state index in [9.17, 15) is 0 Å². The van der Waals surface area contributed by atoms with Gasteiger partial charge in [-0.05, 0) is 13.0 Å². The average Bonchev–Trinajstić information content (AvgIpc) is 2.06. The van der Waals surface area contributed by atoms with Crippen LogP contribution < -0.4 is 4.57 Å². The van der Waals surface area contributed by atoms with Gasteiger partial charge in [-0.2, -0.15) is 0 Å². The van der Waals surface area contributed by atoms with Gasteiger partial charge in [0.15, 0.2) is 12.4 Å². The Morgan fingerprint density at radius 2 is 2.55 bits per heavy atom. The summed E-state index contributed by atoms with van der Waals surface area (Å²) in [6.07, 6.45) is 5.29. The standard InChI is InChI=1S/C8H10N2O/c1-2-10-5-3-4-8(7-10)6-9-11/h3-7H,2H2,1H3/p+1/b9-6-. The maximum atomic E-state index is 8.24. The number of oxime groups is 1. The Balaban J connectivity index is 2.91. The molecule has 1 aromatic heterocycles. The summed E-state index contributed by atoms with van der Waals surface area (Å²) >= 11 is 0. The first-order chi connectivity index (χ1) is 5.36. The number of rotatable bonds is 2. The van der Waals surface area contributed by atoms with Crippen LogP contribution in [0.2, 0.25) is 0 Å². The smallest absolute Gasteiger partial charge is 0.177 e. The van der Waals surface area contributed by atoms with Gasteiger partial charge in [0.05, 0.1) is 11.8 Å². The first-order valence-corrected chi connectivity index (χ1v) is 3.53. The first kappa shape index (κ1) is 7.72. The molecule has 58 valence electrons. The number of hydrogen-bond donors (Lipinski definition) is 1. The third-order valence-electron chi connectivity index (χ3n) is 1.45. The predicted octanol–water partition coefficient (Wildman–Crippen LogP) is 0.802. The summed E-state index contributed by atoms with van der Waals surface area (Å²) in [6, 6.07) is 3.80. The molecular formula is C8H11N2O+. The van der Waals surface area contributed by atoms with Crippen LogP contribution in [0.4, 0.5) is 0 Å². The molecule has 0 spiro atoms. The highest BCUT2D eigenvalue weighted by atomic mass is 16.4. The number of hydrogen-bond acceptors (Lipinski definition) is 2. The Hall–Kier alpha value is -1.38. The van der Waals surface area contributed by atoms with Crippen molar-refractivity contribution in [2.24, 2.45) is 5.16 Å². The van der Waals surface area contributed by atoms with E-state index >= 15 is 0 Å². The zero-order chi connectivity index (χ0) is 8.10. The second kappa shape index (κ2) is 3.71. The van der Waals surface area contributed by atoms with Crippen LogP contribution in [-0.2, 0) is 6.54 Å².